The number of benzene rings is 2. The van der Waals surface area contributed by atoms with Crippen LogP contribution in [0.1, 0.15) is 48.9 Å². The molecule has 8 nitrogen and oxygen atoms in total. The topological polar surface area (TPSA) is 88.3 Å². The first-order valence-electron chi connectivity index (χ1n) is 10.6. The van der Waals surface area contributed by atoms with Gasteiger partial charge in [-0.15, -0.1) is 5.10 Å². The van der Waals surface area contributed by atoms with Crippen molar-refractivity contribution < 1.29 is 6.22 Å². The van der Waals surface area contributed by atoms with Crippen molar-refractivity contribution in [3.8, 4) is 0 Å². The number of anilines is 3. The zero-order valence-corrected chi connectivity index (χ0v) is 19.1. The Labute approximate surface area is 184 Å². The number of carbonyl (C=O) groups excluding carboxylic acids is 1. The van der Waals surface area contributed by atoms with E-state index in [-0.39, 0.29) is 7.33 Å². The van der Waals surface area contributed by atoms with Crippen molar-refractivity contribution in [2.45, 2.75) is 47.5 Å². The van der Waals surface area contributed by atoms with E-state index in [0.717, 1.165) is 22.4 Å². The highest BCUT2D eigenvalue weighted by atomic mass is 16.2. The second-order valence-corrected chi connectivity index (χ2v) is 6.61. The van der Waals surface area contributed by atoms with E-state index in [4.69, 9.17) is 0 Å². The van der Waals surface area contributed by atoms with Crippen molar-refractivity contribution in [3.63, 3.8) is 0 Å². The van der Waals surface area contributed by atoms with Crippen LogP contribution in [0.2, 0.25) is 0 Å². The van der Waals surface area contributed by atoms with Gasteiger partial charge in [-0.05, 0) is 46.8 Å². The molecule has 2 aromatic heterocycles. The monoisotopic (exact) mass is 423 g/mol. The third-order valence-corrected chi connectivity index (χ3v) is 4.51. The smallest absolute Gasteiger partial charge is 0.223 e. The second-order valence-electron chi connectivity index (χ2n) is 6.61. The van der Waals surface area contributed by atoms with Gasteiger partial charge < -0.3 is 10.2 Å². The van der Waals surface area contributed by atoms with Gasteiger partial charge in [0.15, 0.2) is 5.82 Å². The number of fused-ring (bicyclic) bond motifs is 3. The summed E-state index contributed by atoms with van der Waals surface area (Å²) < 4.78 is 1.66. The number of hydrogen-bond donors (Lipinski definition) is 1. The lowest BCUT2D eigenvalue weighted by molar-refractivity contribution is -0.116. The third-order valence-electron chi connectivity index (χ3n) is 4.51. The average Bonchev–Trinajstić information content (AvgIpc) is 3.31. The molecule has 1 N–H and O–H groups in total. The highest BCUT2D eigenvalue weighted by molar-refractivity contribution is 5.91. The quantitative estimate of drug-likeness (QED) is 0.468. The Kier molecular flexibility index (Phi) is 8.87. The maximum atomic E-state index is 11.4. The Balaban J connectivity index is 0.000000662. The van der Waals surface area contributed by atoms with Gasteiger partial charge in [-0.2, -0.15) is 4.52 Å². The minimum absolute atomic E-state index is 0. The van der Waals surface area contributed by atoms with Crippen molar-refractivity contribution in [3.05, 3.63) is 48.5 Å². The Morgan fingerprint density at radius 3 is 2.32 bits per heavy atom. The number of nitrogens with zero attached hydrogens (tertiary/aromatic N) is 6. The summed E-state index contributed by atoms with van der Waals surface area (Å²) in [7, 11) is 1.74. The number of unbranched alkanes of at least 4 members (excludes halogenated alkanes) is 1. The maximum absolute atomic E-state index is 11.4. The van der Waals surface area contributed by atoms with E-state index in [1.54, 1.807) is 16.5 Å². The summed E-state index contributed by atoms with van der Waals surface area (Å²) >= 11 is 0. The molecule has 0 aliphatic heterocycles. The van der Waals surface area contributed by atoms with E-state index in [0.29, 0.717) is 11.5 Å². The largest absolute Gasteiger partial charge is 0.337 e. The highest BCUT2D eigenvalue weighted by Crippen LogP contribution is 2.24. The number of tetrazole rings is 1. The van der Waals surface area contributed by atoms with Crippen LogP contribution in [0.3, 0.4) is 0 Å². The summed E-state index contributed by atoms with van der Waals surface area (Å²) in [6, 6.07) is 15.2. The summed E-state index contributed by atoms with van der Waals surface area (Å²) in [6.45, 7) is 9.89. The fourth-order valence-corrected chi connectivity index (χ4v) is 2.58. The Morgan fingerprint density at radius 2 is 1.71 bits per heavy atom. The standard InChI is InChI=1S/C17H15N7O.C4H10.C2H6.H2/c1-11(25)23(2)13-9-7-12(8-10-13)18-16-17-20-21-22-24(17)15-6-4-3-5-14(15)19-16;1-3-4-2;1-2;/h3-10H,1-2H3,(H,18,19);3-4H2,1-2H3;1-2H3;1H. The number of para-hydroxylation sites is 2. The van der Waals surface area contributed by atoms with Gasteiger partial charge in [0.1, 0.15) is 0 Å². The molecule has 0 atom stereocenters. The van der Waals surface area contributed by atoms with E-state index in [9.17, 15) is 4.79 Å². The predicted molar refractivity (Wildman–Crippen MR) is 129 cm³/mol. The summed E-state index contributed by atoms with van der Waals surface area (Å²) in [6.07, 6.45) is 2.64. The molecule has 0 saturated carbocycles. The molecule has 0 aliphatic rings. The fraction of sp³-hybridized carbons (Fsp3) is 0.348. The van der Waals surface area contributed by atoms with Gasteiger partial charge in [-0.3, -0.25) is 4.79 Å². The van der Waals surface area contributed by atoms with Crippen LogP contribution in [0, 0.1) is 0 Å². The van der Waals surface area contributed by atoms with Crippen LogP contribution in [-0.4, -0.2) is 38.0 Å². The minimum Gasteiger partial charge on any atom is -0.337 e. The van der Waals surface area contributed by atoms with Crippen molar-refractivity contribution in [2.24, 2.45) is 0 Å². The maximum Gasteiger partial charge on any atom is 0.223 e. The van der Waals surface area contributed by atoms with E-state index in [1.165, 1.54) is 19.8 Å². The summed E-state index contributed by atoms with van der Waals surface area (Å²) in [4.78, 5) is 17.6. The zero-order chi connectivity index (χ0) is 22.8. The van der Waals surface area contributed by atoms with Gasteiger partial charge in [0, 0.05) is 26.8 Å². The highest BCUT2D eigenvalue weighted by Gasteiger charge is 2.12. The molecule has 0 saturated heterocycles. The molecule has 4 rings (SSSR count). The molecule has 8 heteroatoms. The van der Waals surface area contributed by atoms with E-state index < -0.39 is 0 Å². The lowest BCUT2D eigenvalue weighted by atomic mass is 10.2. The van der Waals surface area contributed by atoms with Crippen molar-refractivity contribution in [2.75, 3.05) is 17.3 Å². The fourth-order valence-electron chi connectivity index (χ4n) is 2.58. The van der Waals surface area contributed by atoms with Gasteiger partial charge >= 0.3 is 0 Å². The Morgan fingerprint density at radius 1 is 1.06 bits per heavy atom. The van der Waals surface area contributed by atoms with Crippen LogP contribution < -0.4 is 10.2 Å². The molecule has 1 amide bonds. The summed E-state index contributed by atoms with van der Waals surface area (Å²) in [5.41, 5.74) is 3.82. The van der Waals surface area contributed by atoms with Crippen LogP contribution >= 0.6 is 0 Å². The van der Waals surface area contributed by atoms with Gasteiger partial charge in [-0.1, -0.05) is 52.7 Å². The molecular formula is C23H33N7O. The van der Waals surface area contributed by atoms with E-state index in [1.807, 2.05) is 62.4 Å². The van der Waals surface area contributed by atoms with Crippen LogP contribution in [0.15, 0.2) is 48.5 Å². The van der Waals surface area contributed by atoms with E-state index in [2.05, 4.69) is 39.7 Å². The third kappa shape index (κ3) is 5.75. The molecule has 4 aromatic rings. The minimum atomic E-state index is -0.0202. The van der Waals surface area contributed by atoms with Crippen LogP contribution in [-0.2, 0) is 4.79 Å². The van der Waals surface area contributed by atoms with Gasteiger partial charge in [-0.25, -0.2) is 4.98 Å². The molecule has 0 bridgehead atoms. The molecule has 0 fully saturated rings. The predicted octanol–water partition coefficient (Wildman–Crippen LogP) is 5.48. The molecule has 2 aromatic carbocycles. The van der Waals surface area contributed by atoms with Gasteiger partial charge in [0.25, 0.3) is 0 Å². The van der Waals surface area contributed by atoms with Crippen molar-refractivity contribution in [1.29, 1.82) is 0 Å². The Bertz CT molecular complexity index is 1110. The summed E-state index contributed by atoms with van der Waals surface area (Å²) in [5, 5.41) is 15.1. The molecule has 0 radical (unpaired) electrons. The van der Waals surface area contributed by atoms with Gasteiger partial charge in [0.2, 0.25) is 11.6 Å². The first kappa shape index (κ1) is 23.7. The Hall–Kier alpha value is -3.55. The number of nitrogens with one attached hydrogen (secondary N) is 1. The number of hydrogen-bond acceptors (Lipinski definition) is 6. The van der Waals surface area contributed by atoms with Crippen molar-refractivity contribution in [1.82, 2.24) is 25.0 Å². The number of aromatic nitrogens is 5. The molecule has 0 spiro atoms. The lowest BCUT2D eigenvalue weighted by Crippen LogP contribution is -2.22. The summed E-state index contributed by atoms with van der Waals surface area (Å²) in [5.74, 6) is 0.546. The van der Waals surface area contributed by atoms with Gasteiger partial charge in [0.05, 0.1) is 11.0 Å². The molecular weight excluding hydrogens is 390 g/mol. The van der Waals surface area contributed by atoms with Crippen molar-refractivity contribution >= 4 is 39.8 Å². The normalized spacial score (nSPS) is 10.0. The first-order valence-corrected chi connectivity index (χ1v) is 10.6. The average molecular weight is 424 g/mol. The molecule has 2 heterocycles. The number of amides is 1. The lowest BCUT2D eigenvalue weighted by Gasteiger charge is -2.15. The molecule has 0 unspecified atom stereocenters. The SMILES string of the molecule is CC.CC(=O)N(C)c1ccc(Nc2nc3ccccc3n3nnnc23)cc1.CCCC.[HH]. The van der Waals surface area contributed by atoms with Crippen LogP contribution in [0.25, 0.3) is 16.7 Å². The van der Waals surface area contributed by atoms with Crippen LogP contribution in [0.5, 0.6) is 0 Å². The van der Waals surface area contributed by atoms with Crippen LogP contribution in [0.4, 0.5) is 17.2 Å². The number of carbonyl (C=O) groups is 1. The first-order chi connectivity index (χ1) is 15.0. The molecule has 166 valence electrons. The number of rotatable bonds is 4. The molecule has 31 heavy (non-hydrogen) atoms. The van der Waals surface area contributed by atoms with E-state index >= 15 is 0 Å². The second kappa shape index (κ2) is 11.6. The zero-order valence-electron chi connectivity index (χ0n) is 19.1. The molecule has 0 aliphatic carbocycles.